The van der Waals surface area contributed by atoms with Crippen LogP contribution in [-0.4, -0.2) is 5.54 Å². The highest BCUT2D eigenvalue weighted by Gasteiger charge is 2.25. The fraction of sp³-hybridized carbons (Fsp3) is 1.00. The Labute approximate surface area is 115 Å². The van der Waals surface area contributed by atoms with Gasteiger partial charge in [-0.15, -0.1) is 0 Å². The molecule has 0 saturated heterocycles. The lowest BCUT2D eigenvalue weighted by atomic mass is 9.87. The summed E-state index contributed by atoms with van der Waals surface area (Å²) in [5.41, 5.74) is 1.19. The molecule has 2 N–H and O–H groups in total. The summed E-state index contributed by atoms with van der Waals surface area (Å²) in [6.45, 7) is 6.55. The maximum absolute atomic E-state index is 11.2. The van der Waals surface area contributed by atoms with Crippen LogP contribution in [0.5, 0.6) is 0 Å². The van der Waals surface area contributed by atoms with Gasteiger partial charge in [0.2, 0.25) is 0 Å². The molecule has 0 rings (SSSR count). The van der Waals surface area contributed by atoms with Crippen molar-refractivity contribution < 1.29 is 5.48 Å². The molecule has 0 aromatic heterocycles. The minimum Gasteiger partial charge on any atom is -0.635 e. The van der Waals surface area contributed by atoms with Crippen LogP contribution >= 0.6 is 0 Å². The predicted octanol–water partition coefficient (Wildman–Crippen LogP) is 4.53. The van der Waals surface area contributed by atoms with Crippen molar-refractivity contribution in [3.05, 3.63) is 5.21 Å². The molecule has 0 aromatic carbocycles. The first-order chi connectivity index (χ1) is 8.74. The third-order valence-corrected chi connectivity index (χ3v) is 4.44. The summed E-state index contributed by atoms with van der Waals surface area (Å²) >= 11 is 0. The molecule has 0 aliphatic heterocycles. The Bertz CT molecular complexity index is 158. The minimum absolute atomic E-state index is 0.0128. The minimum atomic E-state index is -0.0128. The largest absolute Gasteiger partial charge is 0.635 e. The lowest BCUT2D eigenvalue weighted by molar-refractivity contribution is -0.672. The van der Waals surface area contributed by atoms with E-state index in [4.69, 9.17) is 0 Å². The van der Waals surface area contributed by atoms with Crippen molar-refractivity contribution in [2.75, 3.05) is 0 Å². The molecule has 0 fully saturated rings. The molecule has 0 radical (unpaired) electrons. The van der Waals surface area contributed by atoms with Gasteiger partial charge in [0.25, 0.3) is 0 Å². The number of nitrogens with two attached hydrogens (primary N) is 1. The zero-order valence-electron chi connectivity index (χ0n) is 13.0. The van der Waals surface area contributed by atoms with E-state index in [0.717, 1.165) is 19.3 Å². The average Bonchev–Trinajstić information content (AvgIpc) is 2.42. The van der Waals surface area contributed by atoms with Gasteiger partial charge >= 0.3 is 0 Å². The van der Waals surface area contributed by atoms with E-state index in [1.54, 1.807) is 0 Å². The molecule has 0 spiro atoms. The normalized spacial score (nSPS) is 12.0. The average molecular weight is 257 g/mol. The van der Waals surface area contributed by atoms with Gasteiger partial charge in [0, 0.05) is 6.42 Å². The van der Waals surface area contributed by atoms with Crippen LogP contribution in [0.3, 0.4) is 0 Å². The maximum Gasteiger partial charge on any atom is 0.0953 e. The quantitative estimate of drug-likeness (QED) is 0.382. The summed E-state index contributed by atoms with van der Waals surface area (Å²) in [6.07, 6.45) is 15.3. The number of hydrogen-bond acceptors (Lipinski definition) is 1. The molecule has 0 unspecified atom stereocenters. The summed E-state index contributed by atoms with van der Waals surface area (Å²) in [4.78, 5) is 0. The standard InChI is InChI=1S/C16H35NO/c1-4-7-8-9-10-11-12-13-14-15-16(5-2,6-3)17-18/h4-15,17H2,1-3H3. The molecule has 110 valence electrons. The predicted molar refractivity (Wildman–Crippen MR) is 80.4 cm³/mol. The van der Waals surface area contributed by atoms with Crippen molar-refractivity contribution in [1.29, 1.82) is 0 Å². The fourth-order valence-corrected chi connectivity index (χ4v) is 2.62. The molecule has 0 bridgehead atoms. The lowest BCUT2D eigenvalue weighted by Crippen LogP contribution is -2.91. The van der Waals surface area contributed by atoms with Gasteiger partial charge in [-0.1, -0.05) is 72.1 Å². The van der Waals surface area contributed by atoms with Crippen LogP contribution in [0.25, 0.3) is 0 Å². The first-order valence-corrected chi connectivity index (χ1v) is 8.21. The Morgan fingerprint density at radius 1 is 0.722 bits per heavy atom. The Morgan fingerprint density at radius 2 is 1.17 bits per heavy atom. The van der Waals surface area contributed by atoms with E-state index in [2.05, 4.69) is 20.8 Å². The van der Waals surface area contributed by atoms with Crippen LogP contribution < -0.4 is 5.48 Å². The number of unbranched alkanes of at least 4 members (excludes halogenated alkanes) is 8. The molecule has 0 saturated carbocycles. The second-order valence-electron chi connectivity index (χ2n) is 5.77. The van der Waals surface area contributed by atoms with Gasteiger partial charge in [0.05, 0.1) is 5.54 Å². The third-order valence-electron chi connectivity index (χ3n) is 4.44. The SMILES string of the molecule is CCCCCCCCCCCC(CC)(CC)[NH2+][O-]. The van der Waals surface area contributed by atoms with E-state index in [1.165, 1.54) is 63.3 Å². The molecule has 0 aromatic rings. The van der Waals surface area contributed by atoms with E-state index in [-0.39, 0.29) is 5.54 Å². The van der Waals surface area contributed by atoms with Crippen LogP contribution in [0, 0.1) is 5.21 Å². The molecule has 0 atom stereocenters. The number of rotatable bonds is 13. The van der Waals surface area contributed by atoms with Crippen molar-refractivity contribution in [3.8, 4) is 0 Å². The van der Waals surface area contributed by atoms with Crippen molar-refractivity contribution in [1.82, 2.24) is 0 Å². The molecule has 0 heterocycles. The van der Waals surface area contributed by atoms with Gasteiger partial charge in [-0.05, 0) is 19.3 Å². The van der Waals surface area contributed by atoms with Gasteiger partial charge in [-0.25, -0.2) is 0 Å². The first kappa shape index (κ1) is 17.9. The molecule has 2 heteroatoms. The fourth-order valence-electron chi connectivity index (χ4n) is 2.62. The monoisotopic (exact) mass is 257 g/mol. The molecule has 18 heavy (non-hydrogen) atoms. The smallest absolute Gasteiger partial charge is 0.0953 e. The second kappa shape index (κ2) is 12.0. The molecular weight excluding hydrogens is 222 g/mol. The van der Waals surface area contributed by atoms with Crippen molar-refractivity contribution in [3.63, 3.8) is 0 Å². The van der Waals surface area contributed by atoms with Crippen molar-refractivity contribution >= 4 is 0 Å². The van der Waals surface area contributed by atoms with Crippen LogP contribution in [0.1, 0.15) is 97.8 Å². The molecular formula is C16H35NO. The van der Waals surface area contributed by atoms with Crippen LogP contribution in [0.4, 0.5) is 0 Å². The highest BCUT2D eigenvalue weighted by Crippen LogP contribution is 2.19. The summed E-state index contributed by atoms with van der Waals surface area (Å²) in [7, 11) is 0. The topological polar surface area (TPSA) is 39.7 Å². The number of hydroxylamine groups is 1. The molecule has 0 amide bonds. The third kappa shape index (κ3) is 8.10. The van der Waals surface area contributed by atoms with Gasteiger partial charge in [0.1, 0.15) is 0 Å². The van der Waals surface area contributed by atoms with E-state index < -0.39 is 0 Å². The molecule has 0 aliphatic carbocycles. The van der Waals surface area contributed by atoms with E-state index >= 15 is 0 Å². The van der Waals surface area contributed by atoms with E-state index in [1.807, 2.05) is 0 Å². The van der Waals surface area contributed by atoms with Gasteiger partial charge < -0.3 is 10.7 Å². The van der Waals surface area contributed by atoms with Gasteiger partial charge in [0.15, 0.2) is 0 Å². The highest BCUT2D eigenvalue weighted by atomic mass is 16.5. The summed E-state index contributed by atoms with van der Waals surface area (Å²) < 4.78 is 0. The van der Waals surface area contributed by atoms with Crippen LogP contribution in [0.2, 0.25) is 0 Å². The zero-order chi connectivity index (χ0) is 13.7. The number of quaternary nitrogens is 1. The van der Waals surface area contributed by atoms with E-state index in [0.29, 0.717) is 0 Å². The van der Waals surface area contributed by atoms with Crippen LogP contribution in [-0.2, 0) is 0 Å². The summed E-state index contributed by atoms with van der Waals surface area (Å²) in [5, 5.41) is 11.2. The molecule has 2 nitrogen and oxygen atoms in total. The Hall–Kier alpha value is -0.0800. The van der Waals surface area contributed by atoms with Gasteiger partial charge in [-0.2, -0.15) is 0 Å². The summed E-state index contributed by atoms with van der Waals surface area (Å²) in [6, 6.07) is 0. The molecule has 0 aliphatic rings. The first-order valence-electron chi connectivity index (χ1n) is 8.21. The van der Waals surface area contributed by atoms with Crippen LogP contribution in [0.15, 0.2) is 0 Å². The van der Waals surface area contributed by atoms with Crippen molar-refractivity contribution in [2.24, 2.45) is 0 Å². The summed E-state index contributed by atoms with van der Waals surface area (Å²) in [5.74, 6) is 0. The highest BCUT2D eigenvalue weighted by molar-refractivity contribution is 4.74. The Kier molecular flexibility index (Phi) is 11.9. The van der Waals surface area contributed by atoms with E-state index in [9.17, 15) is 5.21 Å². The Balaban J connectivity index is 3.38. The lowest BCUT2D eigenvalue weighted by Gasteiger charge is -2.31. The zero-order valence-corrected chi connectivity index (χ0v) is 13.0. The maximum atomic E-state index is 11.2. The van der Waals surface area contributed by atoms with Gasteiger partial charge in [-0.3, -0.25) is 0 Å². The van der Waals surface area contributed by atoms with Crippen molar-refractivity contribution in [2.45, 2.75) is 103 Å². The Morgan fingerprint density at radius 3 is 1.56 bits per heavy atom. The number of hydrogen-bond donors (Lipinski definition) is 1. The second-order valence-corrected chi connectivity index (χ2v) is 5.77.